The van der Waals surface area contributed by atoms with E-state index < -0.39 is 0 Å². The topological polar surface area (TPSA) is 44.0 Å². The first kappa shape index (κ1) is 13.8. The normalized spacial score (nSPS) is 10.9. The quantitative estimate of drug-likeness (QED) is 0.812. The third-order valence-corrected chi connectivity index (χ3v) is 3.44. The van der Waals surface area contributed by atoms with Crippen molar-refractivity contribution >= 4 is 21.7 Å². The van der Waals surface area contributed by atoms with Crippen LogP contribution in [0, 0.1) is 0 Å². The molecule has 0 N–H and O–H groups in total. The number of aromatic nitrogens is 2. The lowest BCUT2D eigenvalue weighted by Crippen LogP contribution is -2.27. The zero-order valence-electron chi connectivity index (χ0n) is 10.8. The van der Waals surface area contributed by atoms with Crippen molar-refractivity contribution in [3.63, 3.8) is 0 Å². The summed E-state index contributed by atoms with van der Waals surface area (Å²) >= 11 is 3.32. The van der Waals surface area contributed by atoms with Crippen LogP contribution in [0.2, 0.25) is 0 Å². The van der Waals surface area contributed by atoms with E-state index in [0.717, 1.165) is 4.47 Å². The molecule has 1 heterocycles. The minimum Gasteiger partial charge on any atom is -0.297 e. The van der Waals surface area contributed by atoms with E-state index in [-0.39, 0.29) is 24.1 Å². The number of rotatable bonds is 4. The number of benzene rings is 1. The first-order chi connectivity index (χ1) is 8.99. The molecule has 100 valence electrons. The third-order valence-electron chi connectivity index (χ3n) is 2.91. The molecular formula is C14H15BrN2O2. The first-order valence-corrected chi connectivity index (χ1v) is 6.84. The predicted octanol–water partition coefficient (Wildman–Crippen LogP) is 2.88. The van der Waals surface area contributed by atoms with Gasteiger partial charge in [-0.05, 0) is 26.0 Å². The summed E-state index contributed by atoms with van der Waals surface area (Å²) in [4.78, 5) is 24.1. The van der Waals surface area contributed by atoms with Gasteiger partial charge >= 0.3 is 5.69 Å². The zero-order chi connectivity index (χ0) is 14.0. The van der Waals surface area contributed by atoms with Crippen molar-refractivity contribution in [2.75, 3.05) is 0 Å². The highest BCUT2D eigenvalue weighted by atomic mass is 79.9. The van der Waals surface area contributed by atoms with Crippen LogP contribution in [0.1, 0.15) is 30.2 Å². The van der Waals surface area contributed by atoms with Gasteiger partial charge in [-0.1, -0.05) is 28.1 Å². The predicted molar refractivity (Wildman–Crippen MR) is 77.5 cm³/mol. The third kappa shape index (κ3) is 3.04. The van der Waals surface area contributed by atoms with Crippen molar-refractivity contribution < 1.29 is 4.79 Å². The van der Waals surface area contributed by atoms with Gasteiger partial charge in [0.15, 0.2) is 5.78 Å². The Bertz CT molecular complexity index is 638. The smallest absolute Gasteiger partial charge is 0.297 e. The molecule has 0 saturated heterocycles. The second-order valence-electron chi connectivity index (χ2n) is 4.64. The van der Waals surface area contributed by atoms with Crippen LogP contribution < -0.4 is 5.69 Å². The zero-order valence-corrected chi connectivity index (χ0v) is 12.4. The second kappa shape index (κ2) is 5.57. The van der Waals surface area contributed by atoms with Gasteiger partial charge in [-0.25, -0.2) is 4.79 Å². The molecule has 0 aliphatic rings. The average molecular weight is 323 g/mol. The summed E-state index contributed by atoms with van der Waals surface area (Å²) in [6.45, 7) is 3.94. The molecule has 4 nitrogen and oxygen atoms in total. The molecule has 0 radical (unpaired) electrons. The molecule has 5 heteroatoms. The molecule has 0 atom stereocenters. The van der Waals surface area contributed by atoms with E-state index in [2.05, 4.69) is 15.9 Å². The molecule has 2 aromatic rings. The number of imidazole rings is 1. The lowest BCUT2D eigenvalue weighted by Gasteiger charge is -2.05. The van der Waals surface area contributed by atoms with Crippen LogP contribution in [0.3, 0.4) is 0 Å². The van der Waals surface area contributed by atoms with Gasteiger partial charge in [0, 0.05) is 28.5 Å². The molecule has 1 aromatic heterocycles. The van der Waals surface area contributed by atoms with Crippen LogP contribution in [-0.4, -0.2) is 14.9 Å². The molecule has 0 unspecified atom stereocenters. The molecule has 0 fully saturated rings. The van der Waals surface area contributed by atoms with E-state index in [4.69, 9.17) is 0 Å². The Morgan fingerprint density at radius 1 is 1.21 bits per heavy atom. The summed E-state index contributed by atoms with van der Waals surface area (Å²) in [6.07, 6.45) is 3.36. The SMILES string of the molecule is CC(C)n1ccn(CC(=O)c2ccc(Br)cc2)c1=O. The molecule has 0 aliphatic carbocycles. The van der Waals surface area contributed by atoms with Gasteiger partial charge in [0.05, 0.1) is 6.54 Å². The summed E-state index contributed by atoms with van der Waals surface area (Å²) in [5.41, 5.74) is 0.452. The molecule has 19 heavy (non-hydrogen) atoms. The van der Waals surface area contributed by atoms with E-state index in [1.165, 1.54) is 4.57 Å². The summed E-state index contributed by atoms with van der Waals surface area (Å²) in [5.74, 6) is -0.0730. The molecule has 0 spiro atoms. The Morgan fingerprint density at radius 2 is 1.84 bits per heavy atom. The Hall–Kier alpha value is -1.62. The Morgan fingerprint density at radius 3 is 2.37 bits per heavy atom. The van der Waals surface area contributed by atoms with Crippen LogP contribution in [-0.2, 0) is 6.54 Å². The second-order valence-corrected chi connectivity index (χ2v) is 5.56. The molecule has 0 amide bonds. The first-order valence-electron chi connectivity index (χ1n) is 6.05. The highest BCUT2D eigenvalue weighted by Crippen LogP contribution is 2.11. The monoisotopic (exact) mass is 322 g/mol. The van der Waals surface area contributed by atoms with Crippen molar-refractivity contribution in [3.8, 4) is 0 Å². The number of hydrogen-bond acceptors (Lipinski definition) is 2. The van der Waals surface area contributed by atoms with Gasteiger partial charge < -0.3 is 0 Å². The fraction of sp³-hybridized carbons (Fsp3) is 0.286. The van der Waals surface area contributed by atoms with Crippen molar-refractivity contribution in [2.45, 2.75) is 26.4 Å². The van der Waals surface area contributed by atoms with Crippen molar-refractivity contribution in [2.24, 2.45) is 0 Å². The summed E-state index contributed by atoms with van der Waals surface area (Å²) in [5, 5.41) is 0. The van der Waals surface area contributed by atoms with E-state index in [1.54, 1.807) is 29.1 Å². The van der Waals surface area contributed by atoms with Crippen LogP contribution >= 0.6 is 15.9 Å². The number of Topliss-reactive ketones (excluding diaryl/α,β-unsaturated/α-hetero) is 1. The molecule has 0 aliphatic heterocycles. The molecule has 1 aromatic carbocycles. The number of halogens is 1. The minimum absolute atomic E-state index is 0.0696. The lowest BCUT2D eigenvalue weighted by atomic mass is 10.1. The fourth-order valence-corrected chi connectivity index (χ4v) is 2.09. The van der Waals surface area contributed by atoms with Gasteiger partial charge in [0.25, 0.3) is 0 Å². The van der Waals surface area contributed by atoms with Gasteiger partial charge in [0.1, 0.15) is 0 Å². The van der Waals surface area contributed by atoms with E-state index >= 15 is 0 Å². The molecule has 0 saturated carbocycles. The molecule has 2 rings (SSSR count). The molecule has 0 bridgehead atoms. The number of ketones is 1. The van der Waals surface area contributed by atoms with E-state index in [0.29, 0.717) is 5.56 Å². The highest BCUT2D eigenvalue weighted by molar-refractivity contribution is 9.10. The van der Waals surface area contributed by atoms with Crippen LogP contribution in [0.15, 0.2) is 45.9 Å². The van der Waals surface area contributed by atoms with Gasteiger partial charge in [-0.3, -0.25) is 13.9 Å². The molecular weight excluding hydrogens is 308 g/mol. The van der Waals surface area contributed by atoms with E-state index in [1.807, 2.05) is 26.0 Å². The van der Waals surface area contributed by atoms with Gasteiger partial charge in [0.2, 0.25) is 0 Å². The highest BCUT2D eigenvalue weighted by Gasteiger charge is 2.11. The van der Waals surface area contributed by atoms with Crippen LogP contribution in [0.25, 0.3) is 0 Å². The largest absolute Gasteiger partial charge is 0.328 e. The number of hydrogen-bond donors (Lipinski definition) is 0. The summed E-state index contributed by atoms with van der Waals surface area (Å²) in [6, 6.07) is 7.22. The van der Waals surface area contributed by atoms with Gasteiger partial charge in [-0.15, -0.1) is 0 Å². The Balaban J connectivity index is 2.20. The maximum Gasteiger partial charge on any atom is 0.328 e. The number of carbonyl (C=O) groups excluding carboxylic acids is 1. The standard InChI is InChI=1S/C14H15BrN2O2/c1-10(2)17-8-7-16(14(17)19)9-13(18)11-3-5-12(15)6-4-11/h3-8,10H,9H2,1-2H3. The Kier molecular flexibility index (Phi) is 4.04. The van der Waals surface area contributed by atoms with Crippen molar-refractivity contribution in [1.29, 1.82) is 0 Å². The van der Waals surface area contributed by atoms with E-state index in [9.17, 15) is 9.59 Å². The summed E-state index contributed by atoms with van der Waals surface area (Å²) < 4.78 is 3.96. The van der Waals surface area contributed by atoms with Crippen molar-refractivity contribution in [3.05, 3.63) is 57.2 Å². The van der Waals surface area contributed by atoms with Crippen LogP contribution in [0.4, 0.5) is 0 Å². The number of carbonyl (C=O) groups is 1. The summed E-state index contributed by atoms with van der Waals surface area (Å²) in [7, 11) is 0. The Labute approximate surface area is 119 Å². The maximum absolute atomic E-state index is 12.1. The fourth-order valence-electron chi connectivity index (χ4n) is 1.82. The van der Waals surface area contributed by atoms with Crippen molar-refractivity contribution in [1.82, 2.24) is 9.13 Å². The van der Waals surface area contributed by atoms with Crippen LogP contribution in [0.5, 0.6) is 0 Å². The lowest BCUT2D eigenvalue weighted by molar-refractivity contribution is 0.0970. The minimum atomic E-state index is -0.152. The average Bonchev–Trinajstić information content (AvgIpc) is 2.72. The number of nitrogens with zero attached hydrogens (tertiary/aromatic N) is 2. The van der Waals surface area contributed by atoms with Gasteiger partial charge in [-0.2, -0.15) is 0 Å². The maximum atomic E-state index is 12.1.